The number of aliphatic hydroxyl groups is 2. The number of aliphatic hydroxyl groups excluding tert-OH is 1. The molecule has 4 aromatic heterocycles. The summed E-state index contributed by atoms with van der Waals surface area (Å²) >= 11 is 0. The Bertz CT molecular complexity index is 4420. The van der Waals surface area contributed by atoms with Gasteiger partial charge < -0.3 is 102 Å². The van der Waals surface area contributed by atoms with Crippen LogP contribution in [0, 0.1) is 41.4 Å². The van der Waals surface area contributed by atoms with Gasteiger partial charge in [-0.2, -0.15) is 10.1 Å². The maximum atomic E-state index is 14.8. The number of ketones is 3. The predicted octanol–water partition coefficient (Wildman–Crippen LogP) is 9.00. The number of nitrogens with zero attached hydrogens (tertiary/aromatic N) is 10. The molecular weight excluding hydrogens is 1650 g/mol. The monoisotopic (exact) mass is 1790 g/mol. The molecule has 1 aliphatic carbocycles. The average molecular weight is 1790 g/mol. The minimum Gasteiger partial charge on any atom is -0.460 e. The Labute approximate surface area is 751 Å². The molecular formula is C93H140N12O23. The number of piperidine rings is 1. The number of allylic oxidation sites excluding steroid dienone is 6. The lowest BCUT2D eigenvalue weighted by Crippen LogP contribution is -2.61. The van der Waals surface area contributed by atoms with Gasteiger partial charge in [0.2, 0.25) is 11.7 Å². The summed E-state index contributed by atoms with van der Waals surface area (Å²) in [5.41, 5.74) is 17.5. The number of ether oxygens (including phenoxy) is 14. The number of carbonyl (C=O) groups is 6. The number of oxazole rings is 1. The third-order valence-corrected chi connectivity index (χ3v) is 25.0. The normalized spacial score (nSPS) is 27.7. The molecule has 710 valence electrons. The van der Waals surface area contributed by atoms with Crippen LogP contribution in [0.25, 0.3) is 33.4 Å². The molecule has 0 spiro atoms. The van der Waals surface area contributed by atoms with Crippen molar-refractivity contribution < 1.29 is 110 Å². The Morgan fingerprint density at radius 2 is 1.40 bits per heavy atom. The highest BCUT2D eigenvalue weighted by Crippen LogP contribution is 2.40. The van der Waals surface area contributed by atoms with Gasteiger partial charge in [-0.05, 0) is 157 Å². The SMILES string of the molecule is CO[C@H]1C[C@@H]2CC[C@@H](C)[C@@](O)(O2)C(=O)C(=O)N2CCCC[C@H]2C(=O)O[C@H]([C@H](C)C[C@@H]2CC[C@@H](OCCCCc3cn(CCOCCOCCOCCOCCOCCOCCOCCOCCC(=O)N4CCC(Cn5nc(-c6ccc7oc(N)nc7c6)c6c(N)ncnc65)C4)nn3)[C@H](OC)C2)CC(=O)[C@H](C)/C=C(\C)[C@@H](O)[C@@H](OC)C(=O)[C@H](C)C[C@H](C)/C=C/C=C/C=C/1C. The van der Waals surface area contributed by atoms with Crippen molar-refractivity contribution in [2.45, 2.75) is 225 Å². The van der Waals surface area contributed by atoms with E-state index in [9.17, 15) is 39.0 Å². The van der Waals surface area contributed by atoms with Crippen molar-refractivity contribution >= 4 is 69.1 Å². The lowest BCUT2D eigenvalue weighted by atomic mass is 9.78. The number of amides is 2. The summed E-state index contributed by atoms with van der Waals surface area (Å²) in [4.78, 5) is 101. The summed E-state index contributed by atoms with van der Waals surface area (Å²) in [6, 6.07) is 4.43. The molecule has 4 aliphatic heterocycles. The van der Waals surface area contributed by atoms with E-state index in [2.05, 4.69) is 25.3 Å². The molecule has 2 amide bonds. The number of Topliss-reactive ketones (excluding diaryl/α,β-unsaturated/α-hetero) is 3. The number of unbranched alkanes of at least 4 members (excludes halogenated alkanes) is 1. The number of nitrogens with two attached hydrogens (primary N) is 2. The molecule has 35 heteroatoms. The molecule has 16 atom stereocenters. The molecule has 0 radical (unpaired) electrons. The number of aryl methyl sites for hydroxylation is 1. The zero-order valence-electron chi connectivity index (χ0n) is 76.7. The molecule has 1 saturated carbocycles. The van der Waals surface area contributed by atoms with Crippen LogP contribution in [0.2, 0.25) is 0 Å². The standard InChI is InChI=1S/C93H140N12O23/c1-61-18-12-11-13-19-62(2)78(114-8)55-72-25-22-67(7)93(113,128-72)87(110)90(111)104-30-16-14-21-74(104)91(112)126-79(56-75(106)63(3)51-66(6)85(109)86(116-10)84(108)65(5)50-61)64(4)52-68-23-26-77(80(53-68)115-9)125-33-17-15-20-71-59-103(101-99-71)32-35-118-37-39-120-41-43-122-45-47-124-49-48-123-46-44-121-42-40-119-38-36-117-34-29-81(107)102-31-28-69(57-102)58-105-89-82(88(94)96-60-97-89)83(100-105)70-24-27-76-73(54-70)98-92(95)127-76/h11-13,18-19,24,27,51,54,59-61,63-65,67-69,72,74,77-80,85-86,109,113H,14-17,20-23,25-26,28-50,52-53,55-58H2,1-10H3,(H2,95,98)(H2,94,96,97)/b13-11+,18-12+,62-19+,66-51+/t61-,63-,64-,65-,67-,68+,69?,72+,74+,77-,78+,79+,80-,85-,86+,93-/m1/s1. The van der Waals surface area contributed by atoms with Crippen LogP contribution in [-0.4, -0.2) is 303 Å². The fourth-order valence-corrected chi connectivity index (χ4v) is 17.5. The minimum absolute atomic E-state index is 0.00508. The Balaban J connectivity index is 0.546. The first kappa shape index (κ1) is 102. The summed E-state index contributed by atoms with van der Waals surface area (Å²) in [5.74, 6) is -7.63. The smallest absolute Gasteiger partial charge is 0.329 e. The van der Waals surface area contributed by atoms with Gasteiger partial charge in [-0.1, -0.05) is 76.3 Å². The van der Waals surface area contributed by atoms with E-state index in [0.29, 0.717) is 229 Å². The number of cyclic esters (lactones) is 1. The molecule has 128 heavy (non-hydrogen) atoms. The highest BCUT2D eigenvalue weighted by Gasteiger charge is 2.53. The Kier molecular flexibility index (Phi) is 42.0. The van der Waals surface area contributed by atoms with E-state index in [0.717, 1.165) is 55.4 Å². The molecule has 5 aromatic rings. The van der Waals surface area contributed by atoms with Gasteiger partial charge in [-0.3, -0.25) is 24.0 Å². The number of rotatable bonds is 42. The Morgan fingerprint density at radius 1 is 0.711 bits per heavy atom. The van der Waals surface area contributed by atoms with Crippen LogP contribution in [0.3, 0.4) is 0 Å². The average Bonchev–Trinajstić information content (AvgIpc) is 1.19. The topological polar surface area (TPSA) is 431 Å². The van der Waals surface area contributed by atoms with Crippen LogP contribution >= 0.6 is 0 Å². The van der Waals surface area contributed by atoms with Crippen LogP contribution in [0.15, 0.2) is 82.7 Å². The van der Waals surface area contributed by atoms with E-state index >= 15 is 0 Å². The number of hydrogen-bond acceptors (Lipinski definition) is 31. The highest BCUT2D eigenvalue weighted by atomic mass is 16.6. The predicted molar refractivity (Wildman–Crippen MR) is 475 cm³/mol. The fraction of sp³-hybridized carbons (Fsp3) is 0.699. The largest absolute Gasteiger partial charge is 0.460 e. The first-order valence-electron chi connectivity index (χ1n) is 45.9. The maximum absolute atomic E-state index is 14.8. The summed E-state index contributed by atoms with van der Waals surface area (Å²) < 4.78 is 91.1. The van der Waals surface area contributed by atoms with Crippen molar-refractivity contribution in [3.8, 4) is 11.3 Å². The molecule has 10 rings (SSSR count). The van der Waals surface area contributed by atoms with Gasteiger partial charge in [-0.25, -0.2) is 24.1 Å². The van der Waals surface area contributed by atoms with E-state index < -0.39 is 77.8 Å². The highest BCUT2D eigenvalue weighted by molar-refractivity contribution is 6.39. The van der Waals surface area contributed by atoms with Gasteiger partial charge in [0.15, 0.2) is 17.0 Å². The molecule has 8 heterocycles. The second-order valence-electron chi connectivity index (χ2n) is 34.7. The zero-order chi connectivity index (χ0) is 91.5. The van der Waals surface area contributed by atoms with E-state index in [1.165, 1.54) is 18.3 Å². The van der Waals surface area contributed by atoms with E-state index in [1.54, 1.807) is 51.8 Å². The number of fused-ring (bicyclic) bond motifs is 5. The first-order chi connectivity index (χ1) is 61.9. The van der Waals surface area contributed by atoms with E-state index in [1.807, 2.05) is 86.0 Å². The Hall–Kier alpha value is -8.24. The lowest BCUT2D eigenvalue weighted by Gasteiger charge is -2.42. The second kappa shape index (κ2) is 52.7. The van der Waals surface area contributed by atoms with Crippen LogP contribution in [-0.2, 0) is 115 Å². The first-order valence-corrected chi connectivity index (χ1v) is 45.9. The molecule has 3 saturated heterocycles. The maximum Gasteiger partial charge on any atom is 0.329 e. The molecule has 1 unspecified atom stereocenters. The number of carbonyl (C=O) groups excluding carboxylic acids is 6. The summed E-state index contributed by atoms with van der Waals surface area (Å²) in [7, 11) is 4.65. The van der Waals surface area contributed by atoms with Gasteiger partial charge in [0.1, 0.15) is 53.5 Å². The molecule has 35 nitrogen and oxygen atoms in total. The molecule has 6 N–H and O–H groups in total. The Morgan fingerprint density at radius 3 is 2.08 bits per heavy atom. The number of esters is 1. The van der Waals surface area contributed by atoms with Gasteiger partial charge in [0.05, 0.1) is 154 Å². The number of hydrogen-bond donors (Lipinski definition) is 4. The van der Waals surface area contributed by atoms with Gasteiger partial charge in [-0.15, -0.1) is 5.10 Å². The summed E-state index contributed by atoms with van der Waals surface area (Å²) in [6.07, 6.45) is 18.7. The number of likely N-dealkylation sites (tertiary alicyclic amines) is 1. The molecule has 4 fully saturated rings. The minimum atomic E-state index is -2.46. The quantitative estimate of drug-likeness (QED) is 0.0122. The van der Waals surface area contributed by atoms with Gasteiger partial charge in [0.25, 0.3) is 17.7 Å². The number of benzene rings is 1. The number of anilines is 2. The van der Waals surface area contributed by atoms with Crippen LogP contribution < -0.4 is 11.5 Å². The van der Waals surface area contributed by atoms with Crippen molar-refractivity contribution in [3.63, 3.8) is 0 Å². The van der Waals surface area contributed by atoms with Crippen molar-refractivity contribution in [1.82, 2.24) is 49.5 Å². The summed E-state index contributed by atoms with van der Waals surface area (Å²) in [6.45, 7) is 22.4. The fourth-order valence-electron chi connectivity index (χ4n) is 17.5. The van der Waals surface area contributed by atoms with E-state index in [-0.39, 0.29) is 85.2 Å². The molecule has 1 aromatic carbocycles. The van der Waals surface area contributed by atoms with Crippen molar-refractivity contribution in [2.24, 2.45) is 41.4 Å². The van der Waals surface area contributed by atoms with Crippen LogP contribution in [0.1, 0.15) is 157 Å². The van der Waals surface area contributed by atoms with Gasteiger partial charge >= 0.3 is 5.97 Å². The van der Waals surface area contributed by atoms with Crippen LogP contribution in [0.4, 0.5) is 11.8 Å². The lowest BCUT2D eigenvalue weighted by molar-refractivity contribution is -0.265. The molecule has 2 bridgehead atoms. The summed E-state index contributed by atoms with van der Waals surface area (Å²) in [5, 5.41) is 38.1. The van der Waals surface area contributed by atoms with Crippen molar-refractivity contribution in [3.05, 3.63) is 84.0 Å². The van der Waals surface area contributed by atoms with E-state index in [4.69, 9.17) is 87.3 Å². The zero-order valence-corrected chi connectivity index (χ0v) is 76.7. The van der Waals surface area contributed by atoms with Gasteiger partial charge in [0, 0.05) is 96.5 Å². The number of methoxy groups -OCH3 is 3. The third-order valence-electron chi connectivity index (χ3n) is 25.0. The van der Waals surface area contributed by atoms with Crippen molar-refractivity contribution in [2.75, 3.05) is 165 Å². The van der Waals surface area contributed by atoms with Crippen molar-refractivity contribution in [1.29, 1.82) is 0 Å². The second-order valence-corrected chi connectivity index (χ2v) is 34.7. The number of aromatic nitrogens is 8. The van der Waals surface area contributed by atoms with Crippen LogP contribution in [0.5, 0.6) is 0 Å². The third kappa shape index (κ3) is 30.4. The molecule has 5 aliphatic rings. The number of nitrogen functional groups attached to an aromatic ring is 2.